The highest BCUT2D eigenvalue weighted by molar-refractivity contribution is 9.10. The minimum absolute atomic E-state index is 0.238. The molecule has 1 aromatic heterocycles. The first-order valence-electron chi connectivity index (χ1n) is 8.75. The van der Waals surface area contributed by atoms with E-state index in [4.69, 9.17) is 0 Å². The van der Waals surface area contributed by atoms with E-state index in [2.05, 4.69) is 45.3 Å². The molecule has 2 aromatic rings. The van der Waals surface area contributed by atoms with Crippen LogP contribution in [0.25, 0.3) is 10.6 Å². The van der Waals surface area contributed by atoms with Gasteiger partial charge in [0.15, 0.2) is 5.01 Å². The smallest absolute Gasteiger partial charge is 0.222 e. The first-order valence-corrected chi connectivity index (χ1v) is 10.4. The SMILES string of the molecule is CC(C)CC(=O)N1CCC(Nc2nnc(-c3cc(Br)ccc3F)s2)CC1. The average Bonchev–Trinajstić information content (AvgIpc) is 3.05. The lowest BCUT2D eigenvalue weighted by molar-refractivity contribution is -0.132. The maximum atomic E-state index is 14.0. The lowest BCUT2D eigenvalue weighted by Crippen LogP contribution is -2.42. The summed E-state index contributed by atoms with van der Waals surface area (Å²) < 4.78 is 14.8. The Hall–Kier alpha value is -1.54. The van der Waals surface area contributed by atoms with Crippen molar-refractivity contribution in [3.63, 3.8) is 0 Å². The Balaban J connectivity index is 1.57. The van der Waals surface area contributed by atoms with E-state index < -0.39 is 0 Å². The summed E-state index contributed by atoms with van der Waals surface area (Å²) in [5, 5.41) is 12.9. The fourth-order valence-electron chi connectivity index (χ4n) is 2.98. The van der Waals surface area contributed by atoms with E-state index in [0.29, 0.717) is 28.0 Å². The highest BCUT2D eigenvalue weighted by Gasteiger charge is 2.24. The second-order valence-corrected chi connectivity index (χ2v) is 8.83. The minimum Gasteiger partial charge on any atom is -0.357 e. The maximum absolute atomic E-state index is 14.0. The molecule has 1 fully saturated rings. The number of nitrogens with zero attached hydrogens (tertiary/aromatic N) is 3. The molecule has 1 saturated heterocycles. The van der Waals surface area contributed by atoms with Crippen molar-refractivity contribution in [3.05, 3.63) is 28.5 Å². The van der Waals surface area contributed by atoms with Gasteiger partial charge >= 0.3 is 0 Å². The van der Waals surface area contributed by atoms with Gasteiger partial charge in [0.1, 0.15) is 5.82 Å². The Labute approximate surface area is 165 Å². The van der Waals surface area contributed by atoms with Crippen LogP contribution in [-0.2, 0) is 4.79 Å². The monoisotopic (exact) mass is 440 g/mol. The lowest BCUT2D eigenvalue weighted by atomic mass is 10.0. The van der Waals surface area contributed by atoms with E-state index in [0.717, 1.165) is 30.4 Å². The number of hydrogen-bond acceptors (Lipinski definition) is 5. The zero-order chi connectivity index (χ0) is 18.7. The number of rotatable bonds is 5. The van der Waals surface area contributed by atoms with Crippen molar-refractivity contribution >= 4 is 38.3 Å². The summed E-state index contributed by atoms with van der Waals surface area (Å²) in [6.07, 6.45) is 2.37. The zero-order valence-electron chi connectivity index (χ0n) is 14.8. The molecular formula is C18H22BrFN4OS. The molecule has 2 heterocycles. The second kappa shape index (κ2) is 8.43. The quantitative estimate of drug-likeness (QED) is 0.740. The van der Waals surface area contributed by atoms with Gasteiger partial charge in [-0.1, -0.05) is 41.1 Å². The van der Waals surface area contributed by atoms with Crippen LogP contribution in [0.15, 0.2) is 22.7 Å². The highest BCUT2D eigenvalue weighted by Crippen LogP contribution is 2.31. The average molecular weight is 441 g/mol. The van der Waals surface area contributed by atoms with Crippen molar-refractivity contribution in [1.82, 2.24) is 15.1 Å². The number of aromatic nitrogens is 2. The van der Waals surface area contributed by atoms with Crippen LogP contribution >= 0.6 is 27.3 Å². The van der Waals surface area contributed by atoms with E-state index in [-0.39, 0.29) is 17.8 Å². The summed E-state index contributed by atoms with van der Waals surface area (Å²) >= 11 is 4.70. The molecule has 0 aliphatic carbocycles. The molecule has 3 rings (SSSR count). The predicted octanol–water partition coefficient (Wildman–Crippen LogP) is 4.56. The Bertz CT molecular complexity index is 774. The van der Waals surface area contributed by atoms with E-state index in [9.17, 15) is 9.18 Å². The third kappa shape index (κ3) is 4.79. The molecule has 1 aromatic carbocycles. The number of anilines is 1. The van der Waals surface area contributed by atoms with Gasteiger partial charge in [0, 0.05) is 35.6 Å². The van der Waals surface area contributed by atoms with Crippen molar-refractivity contribution < 1.29 is 9.18 Å². The summed E-state index contributed by atoms with van der Waals surface area (Å²) in [5.74, 6) is 0.311. The maximum Gasteiger partial charge on any atom is 0.222 e. The summed E-state index contributed by atoms with van der Waals surface area (Å²) in [6.45, 7) is 5.64. The normalized spacial score (nSPS) is 15.5. The van der Waals surface area contributed by atoms with Crippen LogP contribution in [0.5, 0.6) is 0 Å². The zero-order valence-corrected chi connectivity index (χ0v) is 17.2. The molecule has 0 bridgehead atoms. The van der Waals surface area contributed by atoms with Gasteiger partial charge in [-0.2, -0.15) is 0 Å². The van der Waals surface area contributed by atoms with Gasteiger partial charge in [0.25, 0.3) is 0 Å². The summed E-state index contributed by atoms with van der Waals surface area (Å²) in [5.41, 5.74) is 0.444. The highest BCUT2D eigenvalue weighted by atomic mass is 79.9. The Kier molecular flexibility index (Phi) is 6.24. The van der Waals surface area contributed by atoms with Crippen LogP contribution < -0.4 is 5.32 Å². The van der Waals surface area contributed by atoms with Gasteiger partial charge in [-0.25, -0.2) is 4.39 Å². The Morgan fingerprint density at radius 1 is 1.38 bits per heavy atom. The van der Waals surface area contributed by atoms with E-state index in [1.165, 1.54) is 17.4 Å². The molecule has 1 aliphatic heterocycles. The third-order valence-corrected chi connectivity index (χ3v) is 5.72. The van der Waals surface area contributed by atoms with Gasteiger partial charge in [-0.15, -0.1) is 10.2 Å². The number of halogens is 2. The topological polar surface area (TPSA) is 58.1 Å². The standard InChI is InChI=1S/C18H22BrFN4OS/c1-11(2)9-16(25)24-7-5-13(6-8-24)21-18-23-22-17(26-18)14-10-12(19)3-4-15(14)20/h3-4,10-11,13H,5-9H2,1-2H3,(H,21,23). The number of amides is 1. The van der Waals surface area contributed by atoms with Crippen molar-refractivity contribution in [3.8, 4) is 10.6 Å². The number of hydrogen-bond donors (Lipinski definition) is 1. The molecule has 26 heavy (non-hydrogen) atoms. The molecule has 0 unspecified atom stereocenters. The second-order valence-electron chi connectivity index (χ2n) is 6.93. The largest absolute Gasteiger partial charge is 0.357 e. The van der Waals surface area contributed by atoms with Gasteiger partial charge in [0.05, 0.1) is 0 Å². The molecule has 0 saturated carbocycles. The van der Waals surface area contributed by atoms with E-state index in [1.807, 2.05) is 4.90 Å². The summed E-state index contributed by atoms with van der Waals surface area (Å²) in [7, 11) is 0. The molecule has 5 nitrogen and oxygen atoms in total. The number of nitrogens with one attached hydrogen (secondary N) is 1. The fourth-order valence-corrected chi connectivity index (χ4v) is 4.18. The van der Waals surface area contributed by atoms with Crippen LogP contribution in [0, 0.1) is 11.7 Å². The molecule has 0 spiro atoms. The van der Waals surface area contributed by atoms with Crippen molar-refractivity contribution in [2.24, 2.45) is 5.92 Å². The van der Waals surface area contributed by atoms with Gasteiger partial charge in [0.2, 0.25) is 11.0 Å². The summed E-state index contributed by atoms with van der Waals surface area (Å²) in [6, 6.07) is 5.04. The van der Waals surface area contributed by atoms with E-state index >= 15 is 0 Å². The van der Waals surface area contributed by atoms with Crippen LogP contribution in [0.1, 0.15) is 33.1 Å². The van der Waals surface area contributed by atoms with Gasteiger partial charge < -0.3 is 10.2 Å². The van der Waals surface area contributed by atoms with Gasteiger partial charge in [-0.3, -0.25) is 4.79 Å². The lowest BCUT2D eigenvalue weighted by Gasteiger charge is -2.32. The summed E-state index contributed by atoms with van der Waals surface area (Å²) in [4.78, 5) is 14.1. The fraction of sp³-hybridized carbons (Fsp3) is 0.500. The van der Waals surface area contributed by atoms with Crippen LogP contribution in [-0.4, -0.2) is 40.1 Å². The third-order valence-electron chi connectivity index (χ3n) is 4.34. The van der Waals surface area contributed by atoms with Gasteiger partial charge in [-0.05, 0) is 37.0 Å². The van der Waals surface area contributed by atoms with Crippen molar-refractivity contribution in [2.75, 3.05) is 18.4 Å². The van der Waals surface area contributed by atoms with Crippen LogP contribution in [0.3, 0.4) is 0 Å². The number of likely N-dealkylation sites (tertiary alicyclic amines) is 1. The molecule has 1 N–H and O–H groups in total. The molecular weight excluding hydrogens is 419 g/mol. The first-order chi connectivity index (χ1) is 12.4. The molecule has 1 aliphatic rings. The van der Waals surface area contributed by atoms with Crippen molar-refractivity contribution in [2.45, 2.75) is 39.2 Å². The van der Waals surface area contributed by atoms with E-state index in [1.54, 1.807) is 12.1 Å². The predicted molar refractivity (Wildman–Crippen MR) is 106 cm³/mol. The number of carbonyl (C=O) groups is 1. The molecule has 8 heteroatoms. The van der Waals surface area contributed by atoms with Crippen LogP contribution in [0.4, 0.5) is 9.52 Å². The number of piperidine rings is 1. The molecule has 0 atom stereocenters. The Morgan fingerprint density at radius 3 is 2.81 bits per heavy atom. The number of carbonyl (C=O) groups excluding carboxylic acids is 1. The van der Waals surface area contributed by atoms with Crippen molar-refractivity contribution in [1.29, 1.82) is 0 Å². The first kappa shape index (κ1) is 19.2. The Morgan fingerprint density at radius 2 is 2.12 bits per heavy atom. The minimum atomic E-state index is -0.312. The number of benzene rings is 1. The van der Waals surface area contributed by atoms with Crippen LogP contribution in [0.2, 0.25) is 0 Å². The molecule has 0 radical (unpaired) electrons. The molecule has 1 amide bonds. The molecule has 140 valence electrons.